The standard InChI is InChI=1S/C21H22ClFN4O/c22-18-11-25-21(26-12-18)27-5-3-14(4-6-27)7-16-9-17(16)13-28-20-2-1-15(10-24)8-19(20)23/h1-2,8,11-12,14,16-17H,3-7,9,13H2. The van der Waals surface area contributed by atoms with E-state index in [0.717, 1.165) is 38.3 Å². The van der Waals surface area contributed by atoms with Gasteiger partial charge in [0.25, 0.3) is 0 Å². The maximum absolute atomic E-state index is 13.9. The molecule has 0 amide bonds. The highest BCUT2D eigenvalue weighted by Gasteiger charge is 2.39. The molecule has 4 rings (SSSR count). The molecule has 0 N–H and O–H groups in total. The Hall–Kier alpha value is -2.39. The molecule has 1 aliphatic carbocycles. The largest absolute Gasteiger partial charge is 0.490 e. The van der Waals surface area contributed by atoms with Crippen molar-refractivity contribution in [1.82, 2.24) is 9.97 Å². The van der Waals surface area contributed by atoms with E-state index in [-0.39, 0.29) is 5.75 Å². The van der Waals surface area contributed by atoms with E-state index in [1.54, 1.807) is 24.5 Å². The third kappa shape index (κ3) is 4.53. The summed E-state index contributed by atoms with van der Waals surface area (Å²) in [6.45, 7) is 2.48. The van der Waals surface area contributed by atoms with Gasteiger partial charge in [-0.3, -0.25) is 0 Å². The van der Waals surface area contributed by atoms with Crippen molar-refractivity contribution in [2.24, 2.45) is 17.8 Å². The molecule has 2 atom stereocenters. The highest BCUT2D eigenvalue weighted by Crippen LogP contribution is 2.45. The van der Waals surface area contributed by atoms with Crippen molar-refractivity contribution in [2.75, 3.05) is 24.6 Å². The second-order valence-electron chi connectivity index (χ2n) is 7.69. The van der Waals surface area contributed by atoms with Crippen LogP contribution in [0.4, 0.5) is 10.3 Å². The van der Waals surface area contributed by atoms with Crippen molar-refractivity contribution in [3.8, 4) is 11.8 Å². The zero-order valence-electron chi connectivity index (χ0n) is 15.5. The van der Waals surface area contributed by atoms with Gasteiger partial charge in [0.2, 0.25) is 5.95 Å². The molecular formula is C21H22ClFN4O. The minimum atomic E-state index is -0.465. The summed E-state index contributed by atoms with van der Waals surface area (Å²) in [5.74, 6) is 2.42. The molecule has 1 saturated heterocycles. The van der Waals surface area contributed by atoms with Crippen LogP contribution < -0.4 is 9.64 Å². The molecule has 146 valence electrons. The highest BCUT2D eigenvalue weighted by molar-refractivity contribution is 6.30. The number of rotatable bonds is 6. The summed E-state index contributed by atoms with van der Waals surface area (Å²) in [4.78, 5) is 10.8. The van der Waals surface area contributed by atoms with E-state index in [1.807, 2.05) is 6.07 Å². The third-order valence-electron chi connectivity index (χ3n) is 5.72. The first-order chi connectivity index (χ1) is 13.6. The molecule has 2 aliphatic rings. The number of aromatic nitrogens is 2. The van der Waals surface area contributed by atoms with Crippen LogP contribution in [-0.2, 0) is 0 Å². The Bertz CT molecular complexity index is 862. The summed E-state index contributed by atoms with van der Waals surface area (Å²) < 4.78 is 19.5. The quantitative estimate of drug-likeness (QED) is 0.716. The molecule has 2 fully saturated rings. The van der Waals surface area contributed by atoms with E-state index in [0.29, 0.717) is 34.9 Å². The number of halogens is 2. The first-order valence-electron chi connectivity index (χ1n) is 9.67. The predicted molar refractivity (Wildman–Crippen MR) is 105 cm³/mol. The number of hydrogen-bond acceptors (Lipinski definition) is 5. The van der Waals surface area contributed by atoms with Crippen molar-refractivity contribution >= 4 is 17.5 Å². The molecule has 1 saturated carbocycles. The fraction of sp³-hybridized carbons (Fsp3) is 0.476. The van der Waals surface area contributed by atoms with Crippen molar-refractivity contribution < 1.29 is 9.13 Å². The molecule has 0 bridgehead atoms. The van der Waals surface area contributed by atoms with Crippen LogP contribution in [0.25, 0.3) is 0 Å². The van der Waals surface area contributed by atoms with Crippen LogP contribution in [-0.4, -0.2) is 29.7 Å². The normalized spacial score (nSPS) is 22.0. The minimum Gasteiger partial charge on any atom is -0.490 e. The topological polar surface area (TPSA) is 62.0 Å². The van der Waals surface area contributed by atoms with Crippen LogP contribution in [0.5, 0.6) is 5.75 Å². The van der Waals surface area contributed by atoms with Gasteiger partial charge in [-0.2, -0.15) is 5.26 Å². The second-order valence-corrected chi connectivity index (χ2v) is 8.13. The Labute approximate surface area is 169 Å². The Balaban J connectivity index is 1.19. The molecule has 1 aromatic carbocycles. The van der Waals surface area contributed by atoms with Crippen LogP contribution in [0.15, 0.2) is 30.6 Å². The molecular weight excluding hydrogens is 379 g/mol. The lowest BCUT2D eigenvalue weighted by Crippen LogP contribution is -2.35. The van der Waals surface area contributed by atoms with E-state index >= 15 is 0 Å². The number of benzene rings is 1. The summed E-state index contributed by atoms with van der Waals surface area (Å²) in [6, 6.07) is 6.27. The number of ether oxygens (including phenoxy) is 1. The summed E-state index contributed by atoms with van der Waals surface area (Å²) in [5, 5.41) is 9.35. The van der Waals surface area contributed by atoms with E-state index in [1.165, 1.54) is 12.5 Å². The van der Waals surface area contributed by atoms with E-state index in [2.05, 4.69) is 14.9 Å². The molecule has 2 heterocycles. The van der Waals surface area contributed by atoms with Crippen LogP contribution in [0.2, 0.25) is 5.02 Å². The monoisotopic (exact) mass is 400 g/mol. The summed E-state index contributed by atoms with van der Waals surface area (Å²) in [7, 11) is 0. The smallest absolute Gasteiger partial charge is 0.225 e. The van der Waals surface area contributed by atoms with Crippen molar-refractivity contribution in [2.45, 2.75) is 25.7 Å². The third-order valence-corrected chi connectivity index (χ3v) is 5.92. The zero-order valence-corrected chi connectivity index (χ0v) is 16.3. The summed E-state index contributed by atoms with van der Waals surface area (Å²) >= 11 is 5.85. The number of anilines is 1. The van der Waals surface area contributed by atoms with E-state index < -0.39 is 5.82 Å². The van der Waals surface area contributed by atoms with Gasteiger partial charge in [0.1, 0.15) is 0 Å². The molecule has 2 aromatic rings. The molecule has 1 aliphatic heterocycles. The molecule has 0 spiro atoms. The number of nitrogens with zero attached hydrogens (tertiary/aromatic N) is 4. The van der Waals surface area contributed by atoms with Gasteiger partial charge in [-0.25, -0.2) is 14.4 Å². The first-order valence-corrected chi connectivity index (χ1v) is 10.0. The van der Waals surface area contributed by atoms with Crippen LogP contribution in [0.3, 0.4) is 0 Å². The van der Waals surface area contributed by atoms with Gasteiger partial charge in [0.15, 0.2) is 11.6 Å². The minimum absolute atomic E-state index is 0.237. The van der Waals surface area contributed by atoms with Gasteiger partial charge in [-0.1, -0.05) is 11.6 Å². The van der Waals surface area contributed by atoms with Crippen LogP contribution in [0, 0.1) is 34.9 Å². The van der Waals surface area contributed by atoms with Crippen molar-refractivity contribution in [3.05, 3.63) is 47.0 Å². The number of piperidine rings is 1. The SMILES string of the molecule is N#Cc1ccc(OCC2CC2CC2CCN(c3ncc(Cl)cn3)CC2)c(F)c1. The molecule has 7 heteroatoms. The number of hydrogen-bond donors (Lipinski definition) is 0. The van der Waals surface area contributed by atoms with Gasteiger partial charge in [0.05, 0.1) is 35.7 Å². The van der Waals surface area contributed by atoms with Gasteiger partial charge >= 0.3 is 0 Å². The zero-order chi connectivity index (χ0) is 19.5. The van der Waals surface area contributed by atoms with Gasteiger partial charge in [-0.15, -0.1) is 0 Å². The van der Waals surface area contributed by atoms with Gasteiger partial charge < -0.3 is 9.64 Å². The lowest BCUT2D eigenvalue weighted by Gasteiger charge is -2.32. The van der Waals surface area contributed by atoms with E-state index in [4.69, 9.17) is 21.6 Å². The highest BCUT2D eigenvalue weighted by atomic mass is 35.5. The fourth-order valence-corrected chi connectivity index (χ4v) is 4.05. The lowest BCUT2D eigenvalue weighted by molar-refractivity contribution is 0.268. The van der Waals surface area contributed by atoms with Crippen LogP contribution in [0.1, 0.15) is 31.2 Å². The van der Waals surface area contributed by atoms with Crippen molar-refractivity contribution in [3.63, 3.8) is 0 Å². The second kappa shape index (κ2) is 8.32. The Morgan fingerprint density at radius 3 is 2.64 bits per heavy atom. The Morgan fingerprint density at radius 2 is 1.96 bits per heavy atom. The molecule has 28 heavy (non-hydrogen) atoms. The first kappa shape index (κ1) is 18.9. The van der Waals surface area contributed by atoms with Gasteiger partial charge in [0, 0.05) is 13.1 Å². The number of nitriles is 1. The Morgan fingerprint density at radius 1 is 1.21 bits per heavy atom. The van der Waals surface area contributed by atoms with E-state index in [9.17, 15) is 4.39 Å². The molecule has 0 radical (unpaired) electrons. The maximum Gasteiger partial charge on any atom is 0.225 e. The lowest BCUT2D eigenvalue weighted by atomic mass is 9.91. The average molecular weight is 401 g/mol. The van der Waals surface area contributed by atoms with Crippen LogP contribution >= 0.6 is 11.6 Å². The molecule has 2 unspecified atom stereocenters. The fourth-order valence-electron chi connectivity index (χ4n) is 3.95. The summed E-state index contributed by atoms with van der Waals surface area (Å²) in [5.41, 5.74) is 0.310. The maximum atomic E-state index is 13.9. The van der Waals surface area contributed by atoms with Crippen molar-refractivity contribution in [1.29, 1.82) is 5.26 Å². The summed E-state index contributed by atoms with van der Waals surface area (Å²) in [6.07, 6.45) is 7.92. The predicted octanol–water partition coefficient (Wildman–Crippen LogP) is 4.46. The molecule has 5 nitrogen and oxygen atoms in total. The van der Waals surface area contributed by atoms with Gasteiger partial charge in [-0.05, 0) is 61.6 Å². The molecule has 1 aromatic heterocycles. The average Bonchev–Trinajstić information content (AvgIpc) is 3.46. The Kier molecular flexibility index (Phi) is 5.63.